The lowest BCUT2D eigenvalue weighted by atomic mass is 10.1. The van der Waals surface area contributed by atoms with Gasteiger partial charge in [0.2, 0.25) is 0 Å². The van der Waals surface area contributed by atoms with Crippen LogP contribution in [0.3, 0.4) is 0 Å². The number of carboxylic acids is 1. The highest BCUT2D eigenvalue weighted by atomic mass is 32.3. The van der Waals surface area contributed by atoms with Crippen LogP contribution in [0.4, 0.5) is 45.5 Å². The van der Waals surface area contributed by atoms with Crippen molar-refractivity contribution >= 4 is 102 Å². The Morgan fingerprint density at radius 1 is 0.542 bits per heavy atom. The second kappa shape index (κ2) is 18.1. The molecule has 0 radical (unpaired) electrons. The zero-order valence-corrected chi connectivity index (χ0v) is 33.3. The molecule has 59 heavy (non-hydrogen) atoms. The number of azo groups is 3. The standard InChI is InChI=1S/C29H28N8O17S5/c30-24-26(35-32-17-5-9-19(10-6-17)55(40,41)15-13-53-58(47,48)49)23(29(38)39)27(36-34-21-3-1-2-4-22(21)57(44,45)46)25(31)28(24)37-33-18-7-11-20(12-8-18)56(42,43)16-14-54-59(50,51)52/h1-12H,13-16,30-31H2,(H,38,39)(H,44,45,46)(H,47,48,49)(H,50,51,52)/b35-32+,36-34+,37-33+. The summed E-state index contributed by atoms with van der Waals surface area (Å²) < 4.78 is 152. The van der Waals surface area contributed by atoms with Crippen molar-refractivity contribution in [2.24, 2.45) is 30.7 Å². The molecule has 0 aliphatic heterocycles. The Hall–Kier alpha value is -5.70. The second-order valence-corrected chi connectivity index (χ2v) is 19.0. The van der Waals surface area contributed by atoms with E-state index in [0.29, 0.717) is 0 Å². The summed E-state index contributed by atoms with van der Waals surface area (Å²) in [4.78, 5) is 11.3. The summed E-state index contributed by atoms with van der Waals surface area (Å²) in [5, 5.41) is 33.6. The number of hydrogen-bond donors (Lipinski definition) is 6. The number of nitrogen functional groups attached to an aromatic ring is 2. The van der Waals surface area contributed by atoms with E-state index in [1.54, 1.807) is 0 Å². The topological polar surface area (TPSA) is 413 Å². The molecule has 8 N–H and O–H groups in total. The molecule has 0 aliphatic carbocycles. The van der Waals surface area contributed by atoms with Crippen molar-refractivity contribution in [3.8, 4) is 0 Å². The van der Waals surface area contributed by atoms with E-state index in [1.807, 2.05) is 0 Å². The van der Waals surface area contributed by atoms with Crippen LogP contribution in [-0.4, -0.2) is 91.5 Å². The summed E-state index contributed by atoms with van der Waals surface area (Å²) in [6.45, 7) is -1.79. The maximum Gasteiger partial charge on any atom is 0.397 e. The van der Waals surface area contributed by atoms with Crippen molar-refractivity contribution < 1.29 is 74.0 Å². The first-order valence-corrected chi connectivity index (χ1v) is 23.0. The lowest BCUT2D eigenvalue weighted by Crippen LogP contribution is -2.15. The summed E-state index contributed by atoms with van der Waals surface area (Å²) in [6.07, 6.45) is 0. The Morgan fingerprint density at radius 3 is 1.32 bits per heavy atom. The third-order valence-corrected chi connectivity index (χ3v) is 12.4. The molecular formula is C29H28N8O17S5. The van der Waals surface area contributed by atoms with E-state index >= 15 is 0 Å². The number of rotatable bonds is 18. The molecule has 0 aromatic heterocycles. The molecule has 0 amide bonds. The van der Waals surface area contributed by atoms with Crippen LogP contribution in [0.5, 0.6) is 0 Å². The second-order valence-electron chi connectivity index (χ2n) is 11.2. The number of carboxylic acid groups (broad SMARTS) is 1. The molecule has 0 saturated carbocycles. The Bertz CT molecular complexity index is 2920. The summed E-state index contributed by atoms with van der Waals surface area (Å²) in [7, 11) is -22.9. The van der Waals surface area contributed by atoms with Crippen molar-refractivity contribution in [2.45, 2.75) is 14.7 Å². The van der Waals surface area contributed by atoms with Gasteiger partial charge in [0.15, 0.2) is 19.7 Å². The SMILES string of the molecule is Nc1c(/N=N/c2ccc(S(=O)(=O)CCOS(=O)(=O)O)cc2)c(N)c(/N=N/c2ccccc2S(=O)(=O)O)c(C(=O)O)c1/N=N/c1ccc(S(=O)(=O)CCOS(=O)(=O)O)cc1. The normalized spacial score (nSPS) is 13.1. The van der Waals surface area contributed by atoms with E-state index in [0.717, 1.165) is 60.7 Å². The first-order chi connectivity index (χ1) is 27.3. The highest BCUT2D eigenvalue weighted by molar-refractivity contribution is 7.91. The predicted molar refractivity (Wildman–Crippen MR) is 203 cm³/mol. The molecule has 4 aromatic carbocycles. The molecule has 0 heterocycles. The van der Waals surface area contributed by atoms with Gasteiger partial charge in [-0.25, -0.2) is 30.0 Å². The highest BCUT2D eigenvalue weighted by Crippen LogP contribution is 2.49. The van der Waals surface area contributed by atoms with Gasteiger partial charge in [-0.1, -0.05) is 12.1 Å². The molecule has 0 bridgehead atoms. The zero-order chi connectivity index (χ0) is 44.0. The fraction of sp³-hybridized carbons (Fsp3) is 0.138. The summed E-state index contributed by atoms with van der Waals surface area (Å²) in [5.74, 6) is -3.46. The van der Waals surface area contributed by atoms with Gasteiger partial charge in [0.1, 0.15) is 33.2 Å². The van der Waals surface area contributed by atoms with Crippen LogP contribution in [0.25, 0.3) is 0 Å². The predicted octanol–water partition coefficient (Wildman–Crippen LogP) is 4.23. The van der Waals surface area contributed by atoms with Gasteiger partial charge in [-0.05, 0) is 60.7 Å². The van der Waals surface area contributed by atoms with Crippen molar-refractivity contribution in [1.29, 1.82) is 0 Å². The lowest BCUT2D eigenvalue weighted by molar-refractivity contribution is 0.0698. The molecule has 0 saturated heterocycles. The number of benzene rings is 4. The van der Waals surface area contributed by atoms with Gasteiger partial charge in [0.25, 0.3) is 10.1 Å². The van der Waals surface area contributed by atoms with Crippen molar-refractivity contribution in [3.05, 3.63) is 78.4 Å². The number of anilines is 2. The van der Waals surface area contributed by atoms with Gasteiger partial charge in [-0.3, -0.25) is 13.7 Å². The van der Waals surface area contributed by atoms with E-state index < -0.39 is 126 Å². The fourth-order valence-electron chi connectivity index (χ4n) is 4.52. The van der Waals surface area contributed by atoms with Crippen LogP contribution in [0.1, 0.15) is 10.4 Å². The average Bonchev–Trinajstić information content (AvgIpc) is 3.12. The molecule has 316 valence electrons. The first-order valence-electron chi connectivity index (χ1n) is 15.5. The van der Waals surface area contributed by atoms with Crippen LogP contribution >= 0.6 is 0 Å². The minimum absolute atomic E-state index is 0.0488. The maximum atomic E-state index is 12.7. The number of carbonyl (C=O) groups is 1. The monoisotopic (exact) mass is 920 g/mol. The Kier molecular flexibility index (Phi) is 14.1. The van der Waals surface area contributed by atoms with Crippen LogP contribution in [0.15, 0.2) is 118 Å². The molecule has 4 rings (SSSR count). The average molecular weight is 921 g/mol. The third kappa shape index (κ3) is 12.6. The molecule has 0 spiro atoms. The maximum absolute atomic E-state index is 12.7. The molecular weight excluding hydrogens is 893 g/mol. The van der Waals surface area contributed by atoms with Gasteiger partial charge in [-0.15, -0.1) is 20.5 Å². The molecule has 0 unspecified atom stereocenters. The summed E-state index contributed by atoms with van der Waals surface area (Å²) in [6, 6.07) is 13.4. The van der Waals surface area contributed by atoms with E-state index in [9.17, 15) is 56.5 Å². The molecule has 0 atom stereocenters. The minimum Gasteiger partial charge on any atom is -0.478 e. The lowest BCUT2D eigenvalue weighted by Gasteiger charge is -2.13. The number of nitrogens with two attached hydrogens (primary N) is 2. The van der Waals surface area contributed by atoms with E-state index in [4.69, 9.17) is 20.6 Å². The molecule has 0 aliphatic rings. The number of hydrogen-bond acceptors (Lipinski definition) is 21. The van der Waals surface area contributed by atoms with Crippen LogP contribution in [0, 0.1) is 0 Å². The molecule has 4 aromatic rings. The van der Waals surface area contributed by atoms with Crippen LogP contribution < -0.4 is 11.5 Å². The smallest absolute Gasteiger partial charge is 0.397 e. The van der Waals surface area contributed by atoms with Crippen LogP contribution in [-0.2, 0) is 59.0 Å². The summed E-state index contributed by atoms with van der Waals surface area (Å²) in [5.41, 5.74) is 7.99. The Morgan fingerprint density at radius 2 is 0.932 bits per heavy atom. The quantitative estimate of drug-likeness (QED) is 0.0462. The number of nitrogens with zero attached hydrogens (tertiary/aromatic N) is 6. The molecule has 30 heteroatoms. The molecule has 0 fully saturated rings. The van der Waals surface area contributed by atoms with Gasteiger partial charge < -0.3 is 16.6 Å². The zero-order valence-electron chi connectivity index (χ0n) is 29.2. The van der Waals surface area contributed by atoms with Gasteiger partial charge >= 0.3 is 26.8 Å². The largest absolute Gasteiger partial charge is 0.478 e. The Labute approximate surface area is 334 Å². The van der Waals surface area contributed by atoms with Gasteiger partial charge in [0.05, 0.1) is 57.3 Å². The van der Waals surface area contributed by atoms with Crippen molar-refractivity contribution in [2.75, 3.05) is 36.2 Å². The highest BCUT2D eigenvalue weighted by Gasteiger charge is 2.27. The van der Waals surface area contributed by atoms with Crippen LogP contribution in [0.2, 0.25) is 0 Å². The number of sulfone groups is 2. The van der Waals surface area contributed by atoms with Crippen molar-refractivity contribution in [3.63, 3.8) is 0 Å². The Balaban J connectivity index is 1.81. The summed E-state index contributed by atoms with van der Waals surface area (Å²) >= 11 is 0. The van der Waals surface area contributed by atoms with Crippen molar-refractivity contribution in [1.82, 2.24) is 0 Å². The van der Waals surface area contributed by atoms with Gasteiger partial charge in [-0.2, -0.15) is 35.5 Å². The van der Waals surface area contributed by atoms with E-state index in [2.05, 4.69) is 39.1 Å². The third-order valence-electron chi connectivity index (χ3n) is 7.20. The molecule has 25 nitrogen and oxygen atoms in total. The first kappa shape index (κ1) is 46.0. The van der Waals surface area contributed by atoms with E-state index in [-0.39, 0.29) is 21.2 Å². The fourth-order valence-corrected chi connectivity index (χ4v) is 8.12. The van der Waals surface area contributed by atoms with Gasteiger partial charge in [0, 0.05) is 0 Å². The minimum atomic E-state index is -4.90. The van der Waals surface area contributed by atoms with E-state index in [1.165, 1.54) is 12.1 Å². The number of aromatic carboxylic acids is 1.